The molecule has 3 rings (SSSR count). The molecule has 6 heteroatoms. The summed E-state index contributed by atoms with van der Waals surface area (Å²) in [5, 5.41) is 3.08. The normalized spacial score (nSPS) is 29.1. The summed E-state index contributed by atoms with van der Waals surface area (Å²) in [7, 11) is 3.51. The van der Waals surface area contributed by atoms with Crippen molar-refractivity contribution in [1.29, 1.82) is 0 Å². The van der Waals surface area contributed by atoms with Gasteiger partial charge in [-0.05, 0) is 25.0 Å². The van der Waals surface area contributed by atoms with E-state index in [4.69, 9.17) is 9.15 Å². The SMILES string of the molecule is CN(C)C(=O)N[C@@H]1CN(Cc2ccco2)[C@@H]2CCCO[C@@H]21. The Bertz CT molecular complexity index is 475. The highest BCUT2D eigenvalue weighted by atomic mass is 16.5. The van der Waals surface area contributed by atoms with Crippen molar-refractivity contribution < 1.29 is 13.9 Å². The molecule has 116 valence electrons. The van der Waals surface area contributed by atoms with E-state index in [2.05, 4.69) is 10.2 Å². The Hall–Kier alpha value is -1.53. The Kier molecular flexibility index (Phi) is 4.17. The average molecular weight is 293 g/mol. The minimum absolute atomic E-state index is 0.0418. The molecule has 3 atom stereocenters. The molecule has 3 heterocycles. The summed E-state index contributed by atoms with van der Waals surface area (Å²) in [5.41, 5.74) is 0. The molecule has 2 amide bonds. The molecular weight excluding hydrogens is 270 g/mol. The van der Waals surface area contributed by atoms with E-state index in [0.717, 1.165) is 38.3 Å². The number of nitrogens with one attached hydrogen (secondary N) is 1. The Balaban J connectivity index is 1.69. The van der Waals surface area contributed by atoms with Gasteiger partial charge in [0.25, 0.3) is 0 Å². The van der Waals surface area contributed by atoms with Crippen molar-refractivity contribution in [1.82, 2.24) is 15.1 Å². The Morgan fingerprint density at radius 2 is 2.38 bits per heavy atom. The van der Waals surface area contributed by atoms with Crippen molar-refractivity contribution in [3.05, 3.63) is 24.2 Å². The Morgan fingerprint density at radius 1 is 1.52 bits per heavy atom. The summed E-state index contributed by atoms with van der Waals surface area (Å²) < 4.78 is 11.4. The molecule has 2 fully saturated rings. The molecule has 2 saturated heterocycles. The Labute approximate surface area is 125 Å². The largest absolute Gasteiger partial charge is 0.468 e. The number of likely N-dealkylation sites (tertiary alicyclic amines) is 1. The fraction of sp³-hybridized carbons (Fsp3) is 0.667. The summed E-state index contributed by atoms with van der Waals surface area (Å²) in [6, 6.07) is 4.24. The zero-order valence-electron chi connectivity index (χ0n) is 12.6. The quantitative estimate of drug-likeness (QED) is 0.912. The van der Waals surface area contributed by atoms with Crippen LogP contribution in [0.5, 0.6) is 0 Å². The van der Waals surface area contributed by atoms with Gasteiger partial charge in [0, 0.05) is 33.3 Å². The highest BCUT2D eigenvalue weighted by molar-refractivity contribution is 5.74. The highest BCUT2D eigenvalue weighted by Gasteiger charge is 2.44. The van der Waals surface area contributed by atoms with Gasteiger partial charge in [-0.1, -0.05) is 0 Å². The number of carbonyl (C=O) groups excluding carboxylic acids is 1. The third-order valence-electron chi connectivity index (χ3n) is 4.28. The second kappa shape index (κ2) is 6.07. The molecule has 0 spiro atoms. The predicted octanol–water partition coefficient (Wildman–Crippen LogP) is 1.28. The van der Waals surface area contributed by atoms with Crippen molar-refractivity contribution in [3.63, 3.8) is 0 Å². The number of ether oxygens (including phenoxy) is 1. The topological polar surface area (TPSA) is 58.0 Å². The van der Waals surface area contributed by atoms with Gasteiger partial charge in [0.05, 0.1) is 25.0 Å². The lowest BCUT2D eigenvalue weighted by Gasteiger charge is -2.32. The van der Waals surface area contributed by atoms with Crippen LogP contribution in [0.15, 0.2) is 22.8 Å². The minimum atomic E-state index is -0.0622. The van der Waals surface area contributed by atoms with Gasteiger partial charge in [-0.25, -0.2) is 4.79 Å². The van der Waals surface area contributed by atoms with E-state index in [-0.39, 0.29) is 18.2 Å². The van der Waals surface area contributed by atoms with Crippen LogP contribution in [-0.4, -0.2) is 61.3 Å². The molecule has 1 aromatic rings. The fourth-order valence-corrected chi connectivity index (χ4v) is 3.25. The average Bonchev–Trinajstić information content (AvgIpc) is 3.09. The first-order chi connectivity index (χ1) is 10.1. The number of hydrogen-bond donors (Lipinski definition) is 1. The van der Waals surface area contributed by atoms with Crippen molar-refractivity contribution in [2.45, 2.75) is 37.6 Å². The lowest BCUT2D eigenvalue weighted by atomic mass is 10.0. The summed E-state index contributed by atoms with van der Waals surface area (Å²) in [6.45, 7) is 2.35. The van der Waals surface area contributed by atoms with E-state index in [1.54, 1.807) is 25.3 Å². The molecule has 0 aromatic carbocycles. The van der Waals surface area contributed by atoms with E-state index in [1.165, 1.54) is 0 Å². The number of carbonyl (C=O) groups is 1. The maximum atomic E-state index is 11.9. The molecule has 1 N–H and O–H groups in total. The van der Waals surface area contributed by atoms with Crippen LogP contribution in [0.25, 0.3) is 0 Å². The lowest BCUT2D eigenvalue weighted by molar-refractivity contribution is -0.0215. The first-order valence-electron chi connectivity index (χ1n) is 7.51. The number of urea groups is 1. The summed E-state index contributed by atoms with van der Waals surface area (Å²) in [5.74, 6) is 0.957. The van der Waals surface area contributed by atoms with E-state index in [1.807, 2.05) is 12.1 Å². The van der Waals surface area contributed by atoms with E-state index in [0.29, 0.717) is 6.04 Å². The minimum Gasteiger partial charge on any atom is -0.468 e. The van der Waals surface area contributed by atoms with Crippen LogP contribution >= 0.6 is 0 Å². The van der Waals surface area contributed by atoms with Crippen molar-refractivity contribution in [2.24, 2.45) is 0 Å². The first-order valence-corrected chi connectivity index (χ1v) is 7.51. The number of nitrogens with zero attached hydrogens (tertiary/aromatic N) is 2. The van der Waals surface area contributed by atoms with E-state index in [9.17, 15) is 4.79 Å². The van der Waals surface area contributed by atoms with Gasteiger partial charge < -0.3 is 19.4 Å². The van der Waals surface area contributed by atoms with Crippen LogP contribution in [0.3, 0.4) is 0 Å². The molecule has 0 unspecified atom stereocenters. The monoisotopic (exact) mass is 293 g/mol. The molecular formula is C15H23N3O3. The number of fused-ring (bicyclic) bond motifs is 1. The molecule has 2 aliphatic rings. The van der Waals surface area contributed by atoms with Crippen molar-refractivity contribution >= 4 is 6.03 Å². The van der Waals surface area contributed by atoms with Gasteiger partial charge >= 0.3 is 6.03 Å². The lowest BCUT2D eigenvalue weighted by Crippen LogP contribution is -2.50. The smallest absolute Gasteiger partial charge is 0.317 e. The molecule has 21 heavy (non-hydrogen) atoms. The van der Waals surface area contributed by atoms with Gasteiger partial charge in [-0.15, -0.1) is 0 Å². The molecule has 0 radical (unpaired) electrons. The third kappa shape index (κ3) is 3.06. The van der Waals surface area contributed by atoms with E-state index >= 15 is 0 Å². The molecule has 0 bridgehead atoms. The molecule has 0 saturated carbocycles. The number of rotatable bonds is 3. The first kappa shape index (κ1) is 14.4. The maximum Gasteiger partial charge on any atom is 0.317 e. The van der Waals surface area contributed by atoms with Crippen LogP contribution in [0.1, 0.15) is 18.6 Å². The zero-order valence-corrected chi connectivity index (χ0v) is 12.6. The summed E-state index contributed by atoms with van der Waals surface area (Å²) >= 11 is 0. The molecule has 1 aromatic heterocycles. The fourth-order valence-electron chi connectivity index (χ4n) is 3.25. The zero-order chi connectivity index (χ0) is 14.8. The van der Waals surface area contributed by atoms with Crippen LogP contribution in [0, 0.1) is 0 Å². The van der Waals surface area contributed by atoms with Crippen molar-refractivity contribution in [3.8, 4) is 0 Å². The number of amides is 2. The molecule has 2 aliphatic heterocycles. The molecule has 6 nitrogen and oxygen atoms in total. The Morgan fingerprint density at radius 3 is 3.10 bits per heavy atom. The van der Waals surface area contributed by atoms with Crippen LogP contribution < -0.4 is 5.32 Å². The highest BCUT2D eigenvalue weighted by Crippen LogP contribution is 2.30. The van der Waals surface area contributed by atoms with Gasteiger partial charge in [-0.2, -0.15) is 0 Å². The molecule has 0 aliphatic carbocycles. The van der Waals surface area contributed by atoms with Crippen LogP contribution in [0.4, 0.5) is 4.79 Å². The van der Waals surface area contributed by atoms with Crippen LogP contribution in [0.2, 0.25) is 0 Å². The number of furan rings is 1. The van der Waals surface area contributed by atoms with Crippen molar-refractivity contribution in [2.75, 3.05) is 27.2 Å². The van der Waals surface area contributed by atoms with Crippen LogP contribution in [-0.2, 0) is 11.3 Å². The van der Waals surface area contributed by atoms with Gasteiger partial charge in [0.2, 0.25) is 0 Å². The van der Waals surface area contributed by atoms with E-state index < -0.39 is 0 Å². The summed E-state index contributed by atoms with van der Waals surface area (Å²) in [4.78, 5) is 15.8. The number of hydrogen-bond acceptors (Lipinski definition) is 4. The predicted molar refractivity (Wildman–Crippen MR) is 77.9 cm³/mol. The van der Waals surface area contributed by atoms with Gasteiger partial charge in [0.15, 0.2) is 0 Å². The van der Waals surface area contributed by atoms with Gasteiger partial charge in [0.1, 0.15) is 5.76 Å². The maximum absolute atomic E-state index is 11.9. The standard InChI is InChI=1S/C15H23N3O3/c1-17(2)15(19)16-12-10-18(9-11-5-3-7-20-11)13-6-4-8-21-14(12)13/h3,5,7,12-14H,4,6,8-10H2,1-2H3,(H,16,19)/t12-,13-,14-/m1/s1. The third-order valence-corrected chi connectivity index (χ3v) is 4.28. The summed E-state index contributed by atoms with van der Waals surface area (Å²) in [6.07, 6.45) is 3.97. The second-order valence-electron chi connectivity index (χ2n) is 6.00. The van der Waals surface area contributed by atoms with Gasteiger partial charge in [-0.3, -0.25) is 4.90 Å². The second-order valence-corrected chi connectivity index (χ2v) is 6.00.